The Balaban J connectivity index is 2.66. The molecule has 1 aliphatic rings. The van der Waals surface area contributed by atoms with Crippen molar-refractivity contribution in [3.8, 4) is 0 Å². The summed E-state index contributed by atoms with van der Waals surface area (Å²) in [5.74, 6) is -0.704. The summed E-state index contributed by atoms with van der Waals surface area (Å²) in [6.07, 6.45) is 0.542. The zero-order valence-electron chi connectivity index (χ0n) is 9.11. The van der Waals surface area contributed by atoms with Crippen molar-refractivity contribution in [3.63, 3.8) is 0 Å². The fraction of sp³-hybridized carbons (Fsp3) is 0.800. The van der Waals surface area contributed by atoms with E-state index in [-0.39, 0.29) is 33.8 Å². The predicted octanol–water partition coefficient (Wildman–Crippen LogP) is 2.17. The lowest BCUT2D eigenvalue weighted by atomic mass is 9.94. The number of esters is 2. The monoisotopic (exact) mass is 356 g/mol. The van der Waals surface area contributed by atoms with Crippen molar-refractivity contribution in [1.29, 1.82) is 0 Å². The molecule has 6 heteroatoms. The first-order valence-electron chi connectivity index (χ1n) is 5.02. The molecule has 1 saturated carbocycles. The molecule has 0 bridgehead atoms. The maximum Gasteiger partial charge on any atom is 0.303 e. The van der Waals surface area contributed by atoms with Crippen molar-refractivity contribution in [2.24, 2.45) is 0 Å². The van der Waals surface area contributed by atoms with E-state index in [2.05, 4.69) is 31.9 Å². The van der Waals surface area contributed by atoms with Crippen molar-refractivity contribution in [3.05, 3.63) is 0 Å². The van der Waals surface area contributed by atoms with Crippen molar-refractivity contribution >= 4 is 43.8 Å². The summed E-state index contributed by atoms with van der Waals surface area (Å²) in [6, 6.07) is 0. The van der Waals surface area contributed by atoms with Gasteiger partial charge in [0.2, 0.25) is 0 Å². The van der Waals surface area contributed by atoms with Crippen LogP contribution < -0.4 is 0 Å². The highest BCUT2D eigenvalue weighted by Crippen LogP contribution is 2.33. The predicted molar refractivity (Wildman–Crippen MR) is 65.8 cm³/mol. The molecule has 16 heavy (non-hydrogen) atoms. The molecule has 4 nitrogen and oxygen atoms in total. The lowest BCUT2D eigenvalue weighted by Gasteiger charge is -2.35. The number of hydrogen-bond acceptors (Lipinski definition) is 4. The van der Waals surface area contributed by atoms with Gasteiger partial charge in [0.25, 0.3) is 0 Å². The highest BCUT2D eigenvalue weighted by Gasteiger charge is 2.38. The summed E-state index contributed by atoms with van der Waals surface area (Å²) in [6.45, 7) is 2.71. The van der Waals surface area contributed by atoms with Gasteiger partial charge in [0, 0.05) is 36.3 Å². The SMILES string of the molecule is CC(=O)O[C@@H]1C[C@@H](Br)[C@@H](Br)C[C@H]1OC(C)=O. The van der Waals surface area contributed by atoms with Crippen LogP contribution >= 0.6 is 31.9 Å². The van der Waals surface area contributed by atoms with Gasteiger partial charge in [-0.1, -0.05) is 31.9 Å². The first kappa shape index (κ1) is 14.0. The normalized spacial score (nSPS) is 34.2. The van der Waals surface area contributed by atoms with Gasteiger partial charge in [0.05, 0.1) is 0 Å². The quantitative estimate of drug-likeness (QED) is 0.561. The summed E-state index contributed by atoms with van der Waals surface area (Å²) in [5, 5.41) is 0. The van der Waals surface area contributed by atoms with E-state index in [4.69, 9.17) is 9.47 Å². The molecule has 1 fully saturated rings. The van der Waals surface area contributed by atoms with E-state index < -0.39 is 0 Å². The van der Waals surface area contributed by atoms with Crippen LogP contribution in [0.3, 0.4) is 0 Å². The maximum absolute atomic E-state index is 10.9. The van der Waals surface area contributed by atoms with Gasteiger partial charge in [0.1, 0.15) is 12.2 Å². The minimum atomic E-state index is -0.362. The molecule has 1 aliphatic carbocycles. The highest BCUT2D eigenvalue weighted by atomic mass is 79.9. The minimum Gasteiger partial charge on any atom is -0.459 e. The Morgan fingerprint density at radius 2 is 1.25 bits per heavy atom. The standard InChI is InChI=1S/C10H14Br2O4/c1-5(13)15-9-3-7(11)8(12)4-10(9)16-6(2)14/h7-10H,3-4H2,1-2H3/t7-,8+,9-,10-/m1/s1. The highest BCUT2D eigenvalue weighted by molar-refractivity contribution is 9.12. The number of halogens is 2. The minimum absolute atomic E-state index is 0.212. The van der Waals surface area contributed by atoms with Gasteiger partial charge in [-0.25, -0.2) is 0 Å². The lowest BCUT2D eigenvalue weighted by Crippen LogP contribution is -2.44. The van der Waals surface area contributed by atoms with E-state index in [1.807, 2.05) is 0 Å². The van der Waals surface area contributed by atoms with Crippen molar-refractivity contribution in [1.82, 2.24) is 0 Å². The molecule has 0 aromatic rings. The first-order chi connectivity index (χ1) is 7.40. The largest absolute Gasteiger partial charge is 0.459 e. The maximum atomic E-state index is 10.9. The summed E-state index contributed by atoms with van der Waals surface area (Å²) in [5.41, 5.74) is 0. The Labute approximate surface area is 111 Å². The molecule has 0 amide bonds. The van der Waals surface area contributed by atoms with E-state index in [0.717, 1.165) is 0 Å². The smallest absolute Gasteiger partial charge is 0.303 e. The van der Waals surface area contributed by atoms with Crippen molar-refractivity contribution < 1.29 is 19.1 Å². The van der Waals surface area contributed by atoms with Gasteiger partial charge in [0.15, 0.2) is 0 Å². The fourth-order valence-corrected chi connectivity index (χ4v) is 2.89. The number of carbonyl (C=O) groups is 2. The van der Waals surface area contributed by atoms with Crippen LogP contribution in [0.2, 0.25) is 0 Å². The molecular weight excluding hydrogens is 344 g/mol. The number of ether oxygens (including phenoxy) is 2. The van der Waals surface area contributed by atoms with Gasteiger partial charge in [-0.15, -0.1) is 0 Å². The van der Waals surface area contributed by atoms with Crippen molar-refractivity contribution in [2.75, 3.05) is 0 Å². The second-order valence-electron chi connectivity index (χ2n) is 3.80. The zero-order valence-corrected chi connectivity index (χ0v) is 12.3. The third-order valence-corrected chi connectivity index (χ3v) is 5.09. The summed E-state index contributed by atoms with van der Waals surface area (Å²) >= 11 is 7.00. The summed E-state index contributed by atoms with van der Waals surface area (Å²) in [4.78, 5) is 22.3. The molecule has 92 valence electrons. The molecule has 0 aliphatic heterocycles. The van der Waals surface area contributed by atoms with Gasteiger partial charge in [-0.3, -0.25) is 9.59 Å². The third-order valence-electron chi connectivity index (χ3n) is 2.36. The second-order valence-corrected chi connectivity index (χ2v) is 6.15. The van der Waals surface area contributed by atoms with Crippen LogP contribution in [0.4, 0.5) is 0 Å². The van der Waals surface area contributed by atoms with Crippen LogP contribution in [-0.2, 0) is 19.1 Å². The average Bonchev–Trinajstić information content (AvgIpc) is 2.11. The molecule has 1 rings (SSSR count). The Hall–Kier alpha value is -0.100. The van der Waals surface area contributed by atoms with Crippen molar-refractivity contribution in [2.45, 2.75) is 48.6 Å². The van der Waals surface area contributed by atoms with Crippen LogP contribution in [0.25, 0.3) is 0 Å². The molecule has 0 saturated heterocycles. The Morgan fingerprint density at radius 3 is 1.50 bits per heavy atom. The Bertz CT molecular complexity index is 254. The second kappa shape index (κ2) is 6.00. The molecular formula is C10H14Br2O4. The average molecular weight is 358 g/mol. The van der Waals surface area contributed by atoms with Crippen LogP contribution in [0, 0.1) is 0 Å². The lowest BCUT2D eigenvalue weighted by molar-refractivity contribution is -0.168. The fourth-order valence-electron chi connectivity index (χ4n) is 1.72. The topological polar surface area (TPSA) is 52.6 Å². The molecule has 0 aromatic carbocycles. The Kier molecular flexibility index (Phi) is 5.24. The molecule has 0 N–H and O–H groups in total. The molecule has 0 spiro atoms. The first-order valence-corrected chi connectivity index (χ1v) is 6.86. The number of rotatable bonds is 2. The van der Waals surface area contributed by atoms with Crippen LogP contribution in [0.1, 0.15) is 26.7 Å². The molecule has 0 unspecified atom stereocenters. The van der Waals surface area contributed by atoms with E-state index in [1.165, 1.54) is 13.8 Å². The van der Waals surface area contributed by atoms with Crippen LogP contribution in [0.5, 0.6) is 0 Å². The molecule has 0 heterocycles. The van der Waals surface area contributed by atoms with Gasteiger partial charge in [-0.2, -0.15) is 0 Å². The molecule has 4 atom stereocenters. The van der Waals surface area contributed by atoms with Gasteiger partial charge < -0.3 is 9.47 Å². The summed E-state index contributed by atoms with van der Waals surface area (Å²) in [7, 11) is 0. The van der Waals surface area contributed by atoms with Crippen LogP contribution in [0.15, 0.2) is 0 Å². The van der Waals surface area contributed by atoms with E-state index in [1.54, 1.807) is 0 Å². The van der Waals surface area contributed by atoms with E-state index >= 15 is 0 Å². The van der Waals surface area contributed by atoms with Crippen LogP contribution in [-0.4, -0.2) is 33.8 Å². The Morgan fingerprint density at radius 1 is 0.938 bits per heavy atom. The van der Waals surface area contributed by atoms with Gasteiger partial charge >= 0.3 is 11.9 Å². The van der Waals surface area contributed by atoms with E-state index in [9.17, 15) is 9.59 Å². The number of carbonyl (C=O) groups excluding carboxylic acids is 2. The summed E-state index contributed by atoms with van der Waals surface area (Å²) < 4.78 is 10.3. The molecule has 0 aromatic heterocycles. The number of hydrogen-bond donors (Lipinski definition) is 0. The third kappa shape index (κ3) is 4.05. The zero-order chi connectivity index (χ0) is 12.3. The molecule has 0 radical (unpaired) electrons. The van der Waals surface area contributed by atoms with E-state index in [0.29, 0.717) is 12.8 Å². The van der Waals surface area contributed by atoms with Gasteiger partial charge in [-0.05, 0) is 0 Å². The number of alkyl halides is 2.